The van der Waals surface area contributed by atoms with E-state index in [0.717, 1.165) is 24.8 Å². The second kappa shape index (κ2) is 4.61. The standard InChI is InChI=1S/C13H20O/c1-4-11-8-7-9-12(10-11)13(14,5-2)6-3/h7-10,14H,4-6H2,1-3H3. The maximum absolute atomic E-state index is 10.3. The van der Waals surface area contributed by atoms with Gasteiger partial charge in [-0.2, -0.15) is 0 Å². The van der Waals surface area contributed by atoms with Crippen LogP contribution in [0.1, 0.15) is 44.7 Å². The minimum Gasteiger partial charge on any atom is -0.385 e. The molecule has 0 amide bonds. The molecule has 1 aromatic carbocycles. The van der Waals surface area contributed by atoms with E-state index in [1.54, 1.807) is 0 Å². The van der Waals surface area contributed by atoms with Gasteiger partial charge in [0.2, 0.25) is 0 Å². The summed E-state index contributed by atoms with van der Waals surface area (Å²) in [6, 6.07) is 8.28. The Kier molecular flexibility index (Phi) is 3.70. The van der Waals surface area contributed by atoms with Gasteiger partial charge in [0.1, 0.15) is 0 Å². The Morgan fingerprint density at radius 3 is 2.29 bits per heavy atom. The van der Waals surface area contributed by atoms with E-state index < -0.39 is 5.60 Å². The molecule has 0 fully saturated rings. The smallest absolute Gasteiger partial charge is 0.0891 e. The number of benzene rings is 1. The molecule has 0 aliphatic heterocycles. The van der Waals surface area contributed by atoms with Crippen LogP contribution in [0.3, 0.4) is 0 Å². The van der Waals surface area contributed by atoms with Gasteiger partial charge in [0.25, 0.3) is 0 Å². The molecule has 0 aromatic heterocycles. The summed E-state index contributed by atoms with van der Waals surface area (Å²) in [5.41, 5.74) is 1.72. The third kappa shape index (κ3) is 2.16. The summed E-state index contributed by atoms with van der Waals surface area (Å²) in [4.78, 5) is 0. The van der Waals surface area contributed by atoms with Crippen molar-refractivity contribution in [2.75, 3.05) is 0 Å². The molecule has 0 bridgehead atoms. The molecule has 1 aromatic rings. The van der Waals surface area contributed by atoms with E-state index in [2.05, 4.69) is 19.1 Å². The maximum Gasteiger partial charge on any atom is 0.0891 e. The van der Waals surface area contributed by atoms with Crippen molar-refractivity contribution >= 4 is 0 Å². The van der Waals surface area contributed by atoms with E-state index in [-0.39, 0.29) is 0 Å². The van der Waals surface area contributed by atoms with Gasteiger partial charge in [0, 0.05) is 0 Å². The molecular formula is C13H20O. The quantitative estimate of drug-likeness (QED) is 0.776. The summed E-state index contributed by atoms with van der Waals surface area (Å²) in [6.07, 6.45) is 2.57. The highest BCUT2D eigenvalue weighted by Gasteiger charge is 2.24. The number of rotatable bonds is 4. The van der Waals surface area contributed by atoms with Crippen LogP contribution < -0.4 is 0 Å². The van der Waals surface area contributed by atoms with Gasteiger partial charge in [0.05, 0.1) is 5.60 Å². The maximum atomic E-state index is 10.3. The second-order valence-corrected chi connectivity index (χ2v) is 3.79. The summed E-state index contributed by atoms with van der Waals surface area (Å²) in [7, 11) is 0. The Morgan fingerprint density at radius 1 is 1.14 bits per heavy atom. The van der Waals surface area contributed by atoms with E-state index >= 15 is 0 Å². The molecule has 0 radical (unpaired) electrons. The zero-order valence-electron chi connectivity index (χ0n) is 9.38. The van der Waals surface area contributed by atoms with Crippen molar-refractivity contribution in [2.24, 2.45) is 0 Å². The Bertz CT molecular complexity index is 287. The van der Waals surface area contributed by atoms with Crippen LogP contribution in [0.4, 0.5) is 0 Å². The van der Waals surface area contributed by atoms with Crippen LogP contribution in [0, 0.1) is 0 Å². The van der Waals surface area contributed by atoms with Crippen molar-refractivity contribution in [3.8, 4) is 0 Å². The van der Waals surface area contributed by atoms with E-state index in [9.17, 15) is 5.11 Å². The SMILES string of the molecule is CCc1cccc(C(O)(CC)CC)c1. The van der Waals surface area contributed by atoms with E-state index in [1.807, 2.05) is 26.0 Å². The summed E-state index contributed by atoms with van der Waals surface area (Å²) >= 11 is 0. The summed E-state index contributed by atoms with van der Waals surface area (Å²) in [6.45, 7) is 6.19. The van der Waals surface area contributed by atoms with Crippen molar-refractivity contribution < 1.29 is 5.11 Å². The molecule has 1 rings (SSSR count). The first-order valence-corrected chi connectivity index (χ1v) is 5.48. The molecule has 0 spiro atoms. The Labute approximate surface area is 86.8 Å². The highest BCUT2D eigenvalue weighted by atomic mass is 16.3. The lowest BCUT2D eigenvalue weighted by Crippen LogP contribution is -2.23. The minimum absolute atomic E-state index is 0.634. The molecule has 78 valence electrons. The van der Waals surface area contributed by atoms with Crippen LogP contribution in [0.15, 0.2) is 24.3 Å². The zero-order valence-corrected chi connectivity index (χ0v) is 9.38. The zero-order chi connectivity index (χ0) is 10.6. The number of hydrogen-bond acceptors (Lipinski definition) is 1. The fourth-order valence-electron chi connectivity index (χ4n) is 1.74. The third-order valence-electron chi connectivity index (χ3n) is 3.04. The van der Waals surface area contributed by atoms with Crippen molar-refractivity contribution in [1.29, 1.82) is 0 Å². The molecule has 1 N–H and O–H groups in total. The topological polar surface area (TPSA) is 20.2 Å². The molecule has 0 saturated carbocycles. The highest BCUT2D eigenvalue weighted by molar-refractivity contribution is 5.28. The van der Waals surface area contributed by atoms with E-state index in [1.165, 1.54) is 5.56 Å². The van der Waals surface area contributed by atoms with Gasteiger partial charge in [-0.05, 0) is 30.4 Å². The molecule has 1 heteroatoms. The lowest BCUT2D eigenvalue weighted by molar-refractivity contribution is 0.0283. The van der Waals surface area contributed by atoms with Crippen molar-refractivity contribution in [2.45, 2.75) is 45.6 Å². The normalized spacial score (nSPS) is 11.7. The second-order valence-electron chi connectivity index (χ2n) is 3.79. The Balaban J connectivity index is 3.04. The van der Waals surface area contributed by atoms with Crippen molar-refractivity contribution in [1.82, 2.24) is 0 Å². The molecule has 1 nitrogen and oxygen atoms in total. The van der Waals surface area contributed by atoms with Crippen LogP contribution in [0.25, 0.3) is 0 Å². The minimum atomic E-state index is -0.634. The summed E-state index contributed by atoms with van der Waals surface area (Å²) < 4.78 is 0. The Morgan fingerprint density at radius 2 is 1.79 bits per heavy atom. The fraction of sp³-hybridized carbons (Fsp3) is 0.538. The molecular weight excluding hydrogens is 172 g/mol. The summed E-state index contributed by atoms with van der Waals surface area (Å²) in [5, 5.41) is 10.3. The van der Waals surface area contributed by atoms with Crippen LogP contribution in [0.2, 0.25) is 0 Å². The van der Waals surface area contributed by atoms with Crippen LogP contribution in [-0.2, 0) is 12.0 Å². The van der Waals surface area contributed by atoms with Crippen LogP contribution >= 0.6 is 0 Å². The largest absolute Gasteiger partial charge is 0.385 e. The van der Waals surface area contributed by atoms with Gasteiger partial charge in [-0.25, -0.2) is 0 Å². The molecule has 0 saturated heterocycles. The lowest BCUT2D eigenvalue weighted by Gasteiger charge is -2.26. The van der Waals surface area contributed by atoms with Gasteiger partial charge in [-0.3, -0.25) is 0 Å². The Hall–Kier alpha value is -0.820. The fourth-order valence-corrected chi connectivity index (χ4v) is 1.74. The molecule has 0 atom stereocenters. The molecule has 14 heavy (non-hydrogen) atoms. The van der Waals surface area contributed by atoms with Gasteiger partial charge >= 0.3 is 0 Å². The molecule has 0 aliphatic rings. The number of aryl methyl sites for hydroxylation is 1. The van der Waals surface area contributed by atoms with Gasteiger partial charge < -0.3 is 5.11 Å². The summed E-state index contributed by atoms with van der Waals surface area (Å²) in [5.74, 6) is 0. The number of aliphatic hydroxyl groups is 1. The van der Waals surface area contributed by atoms with Gasteiger partial charge in [0.15, 0.2) is 0 Å². The third-order valence-corrected chi connectivity index (χ3v) is 3.04. The average Bonchev–Trinajstić information content (AvgIpc) is 2.28. The van der Waals surface area contributed by atoms with Crippen LogP contribution in [0.5, 0.6) is 0 Å². The van der Waals surface area contributed by atoms with Crippen LogP contribution in [-0.4, -0.2) is 5.11 Å². The first-order chi connectivity index (χ1) is 6.66. The average molecular weight is 192 g/mol. The van der Waals surface area contributed by atoms with Crippen molar-refractivity contribution in [3.63, 3.8) is 0 Å². The lowest BCUT2D eigenvalue weighted by atomic mass is 9.87. The van der Waals surface area contributed by atoms with Gasteiger partial charge in [-0.1, -0.05) is 45.0 Å². The first kappa shape index (κ1) is 11.3. The number of hydrogen-bond donors (Lipinski definition) is 1. The first-order valence-electron chi connectivity index (χ1n) is 5.48. The van der Waals surface area contributed by atoms with Gasteiger partial charge in [-0.15, -0.1) is 0 Å². The predicted molar refractivity (Wildman–Crippen MR) is 60.3 cm³/mol. The van der Waals surface area contributed by atoms with E-state index in [0.29, 0.717) is 0 Å². The molecule has 0 heterocycles. The highest BCUT2D eigenvalue weighted by Crippen LogP contribution is 2.28. The molecule has 0 aliphatic carbocycles. The van der Waals surface area contributed by atoms with Crippen molar-refractivity contribution in [3.05, 3.63) is 35.4 Å². The predicted octanol–water partition coefficient (Wildman–Crippen LogP) is 3.26. The molecule has 0 unspecified atom stereocenters. The monoisotopic (exact) mass is 192 g/mol. The van der Waals surface area contributed by atoms with E-state index in [4.69, 9.17) is 0 Å².